The molecule has 1 saturated heterocycles. The van der Waals surface area contributed by atoms with Gasteiger partial charge in [-0.25, -0.2) is 8.42 Å². The topological polar surface area (TPSA) is 75.7 Å². The van der Waals surface area contributed by atoms with Gasteiger partial charge in [0.2, 0.25) is 10.0 Å². The van der Waals surface area contributed by atoms with Crippen molar-refractivity contribution in [1.29, 1.82) is 0 Å². The number of hydrogen-bond acceptors (Lipinski definition) is 4. The molecule has 6 nitrogen and oxygen atoms in total. The average molecular weight is 453 g/mol. The lowest BCUT2D eigenvalue weighted by molar-refractivity contribution is -0.122. The van der Waals surface area contributed by atoms with E-state index in [2.05, 4.69) is 5.32 Å². The van der Waals surface area contributed by atoms with E-state index in [1.54, 1.807) is 35.5 Å². The van der Waals surface area contributed by atoms with Gasteiger partial charge in [0.15, 0.2) is 6.10 Å². The molecule has 1 amide bonds. The minimum Gasteiger partial charge on any atom is -0.480 e. The molecule has 168 valence electrons. The first kappa shape index (κ1) is 22.3. The molecule has 1 fully saturated rings. The Balaban J connectivity index is 1.42. The largest absolute Gasteiger partial charge is 0.480 e. The van der Waals surface area contributed by atoms with Crippen LogP contribution in [0.5, 0.6) is 5.75 Å². The van der Waals surface area contributed by atoms with E-state index in [1.807, 2.05) is 42.5 Å². The molecule has 0 saturated carbocycles. The Morgan fingerprint density at radius 1 is 0.906 bits per heavy atom. The maximum Gasteiger partial charge on any atom is 0.265 e. The number of benzene rings is 3. The van der Waals surface area contributed by atoms with Crippen LogP contribution >= 0.6 is 0 Å². The number of anilines is 1. The van der Waals surface area contributed by atoms with Gasteiger partial charge in [-0.3, -0.25) is 4.79 Å². The van der Waals surface area contributed by atoms with Crippen LogP contribution in [0.3, 0.4) is 0 Å². The van der Waals surface area contributed by atoms with Crippen molar-refractivity contribution in [2.24, 2.45) is 0 Å². The average Bonchev–Trinajstić information content (AvgIpc) is 3.10. The van der Waals surface area contributed by atoms with E-state index >= 15 is 0 Å². The molecule has 0 aliphatic carbocycles. The highest BCUT2D eigenvalue weighted by Crippen LogP contribution is 2.26. The number of nitrogens with one attached hydrogen (secondary N) is 1. The van der Waals surface area contributed by atoms with Gasteiger partial charge in [0, 0.05) is 24.2 Å². The van der Waals surface area contributed by atoms with Gasteiger partial charge in [0.25, 0.3) is 5.91 Å². The van der Waals surface area contributed by atoms with Crippen molar-refractivity contribution >= 4 is 32.4 Å². The van der Waals surface area contributed by atoms with E-state index in [9.17, 15) is 13.2 Å². The Hall–Kier alpha value is -2.90. The van der Waals surface area contributed by atoms with Crippen molar-refractivity contribution in [1.82, 2.24) is 4.31 Å². The summed E-state index contributed by atoms with van der Waals surface area (Å²) in [4.78, 5) is 12.9. The van der Waals surface area contributed by atoms with E-state index in [0.717, 1.165) is 36.5 Å². The van der Waals surface area contributed by atoms with Crippen molar-refractivity contribution in [2.75, 3.05) is 18.4 Å². The number of amides is 1. The molecule has 7 heteroatoms. The Labute approximate surface area is 189 Å². The summed E-state index contributed by atoms with van der Waals surface area (Å²) in [7, 11) is -3.51. The van der Waals surface area contributed by atoms with Crippen LogP contribution in [0.4, 0.5) is 5.69 Å². The quantitative estimate of drug-likeness (QED) is 0.582. The Bertz CT molecular complexity index is 1180. The van der Waals surface area contributed by atoms with Crippen LogP contribution in [0.1, 0.15) is 32.6 Å². The molecular formula is C25H28N2O4S. The Kier molecular flexibility index (Phi) is 6.77. The summed E-state index contributed by atoms with van der Waals surface area (Å²) in [5.74, 6) is 0.339. The van der Waals surface area contributed by atoms with E-state index in [0.29, 0.717) is 24.5 Å². The second-order valence-electron chi connectivity index (χ2n) is 8.07. The fraction of sp³-hybridized carbons (Fsp3) is 0.320. The summed E-state index contributed by atoms with van der Waals surface area (Å²) in [5, 5.41) is 4.79. The van der Waals surface area contributed by atoms with Crippen molar-refractivity contribution in [2.45, 2.75) is 43.6 Å². The molecule has 32 heavy (non-hydrogen) atoms. The third kappa shape index (κ3) is 4.95. The number of fused-ring (bicyclic) bond motifs is 1. The second kappa shape index (κ2) is 9.71. The van der Waals surface area contributed by atoms with Gasteiger partial charge in [0.05, 0.1) is 4.90 Å². The van der Waals surface area contributed by atoms with Crippen molar-refractivity contribution in [3.8, 4) is 5.75 Å². The number of sulfonamides is 1. The first-order valence-electron chi connectivity index (χ1n) is 11.0. The van der Waals surface area contributed by atoms with Crippen molar-refractivity contribution in [3.05, 3.63) is 66.7 Å². The summed E-state index contributed by atoms with van der Waals surface area (Å²) in [6.07, 6.45) is 3.19. The number of hydrogen-bond donors (Lipinski definition) is 1. The summed E-state index contributed by atoms with van der Waals surface area (Å²) < 4.78 is 33.3. The van der Waals surface area contributed by atoms with E-state index < -0.39 is 16.1 Å². The van der Waals surface area contributed by atoms with Gasteiger partial charge < -0.3 is 10.1 Å². The van der Waals surface area contributed by atoms with E-state index in [-0.39, 0.29) is 10.8 Å². The smallest absolute Gasteiger partial charge is 0.265 e. The third-order valence-corrected chi connectivity index (χ3v) is 7.66. The molecule has 0 bridgehead atoms. The predicted octanol–water partition coefficient (Wildman–Crippen LogP) is 4.81. The zero-order valence-electron chi connectivity index (χ0n) is 18.2. The first-order valence-corrected chi connectivity index (χ1v) is 12.4. The highest BCUT2D eigenvalue weighted by Gasteiger charge is 2.25. The SMILES string of the molecule is C[C@@H](Oc1cccc2ccccc12)C(=O)Nc1ccc(S(=O)(=O)N2CCCCCC2)cc1. The van der Waals surface area contributed by atoms with Gasteiger partial charge >= 0.3 is 0 Å². The maximum absolute atomic E-state index is 12.9. The molecule has 1 atom stereocenters. The first-order chi connectivity index (χ1) is 15.4. The van der Waals surface area contributed by atoms with E-state index in [1.165, 1.54) is 0 Å². The summed E-state index contributed by atoms with van der Waals surface area (Å²) >= 11 is 0. The zero-order valence-corrected chi connectivity index (χ0v) is 19.0. The van der Waals surface area contributed by atoms with Crippen LogP contribution in [0.15, 0.2) is 71.6 Å². The summed E-state index contributed by atoms with van der Waals surface area (Å²) in [5.41, 5.74) is 0.526. The molecule has 1 aliphatic rings. The molecule has 4 rings (SSSR count). The molecule has 1 heterocycles. The number of rotatable bonds is 6. The normalized spacial score (nSPS) is 16.3. The second-order valence-corrected chi connectivity index (χ2v) is 10.0. The standard InChI is InChI=1S/C25H28N2O4S/c1-19(31-24-12-8-10-20-9-4-5-11-23(20)24)25(28)26-21-13-15-22(16-14-21)32(29,30)27-17-6-2-3-7-18-27/h4-5,8-16,19H,2-3,6-7,17-18H2,1H3,(H,26,28)/t19-/m1/s1. The van der Waals surface area contributed by atoms with Gasteiger partial charge in [-0.15, -0.1) is 0 Å². The Morgan fingerprint density at radius 2 is 1.56 bits per heavy atom. The predicted molar refractivity (Wildman–Crippen MR) is 126 cm³/mol. The molecule has 0 spiro atoms. The van der Waals surface area contributed by atoms with Crippen LogP contribution in [0.25, 0.3) is 10.8 Å². The molecule has 1 aliphatic heterocycles. The van der Waals surface area contributed by atoms with Crippen LogP contribution < -0.4 is 10.1 Å². The van der Waals surface area contributed by atoms with Crippen LogP contribution in [-0.4, -0.2) is 37.8 Å². The van der Waals surface area contributed by atoms with Gasteiger partial charge in [-0.1, -0.05) is 49.2 Å². The molecular weight excluding hydrogens is 424 g/mol. The number of carbonyl (C=O) groups is 1. The lowest BCUT2D eigenvalue weighted by Crippen LogP contribution is -2.32. The highest BCUT2D eigenvalue weighted by molar-refractivity contribution is 7.89. The summed E-state index contributed by atoms with van der Waals surface area (Å²) in [6.45, 7) is 2.81. The lowest BCUT2D eigenvalue weighted by atomic mass is 10.1. The number of nitrogens with zero attached hydrogens (tertiary/aromatic N) is 1. The van der Waals surface area contributed by atoms with Crippen LogP contribution in [0.2, 0.25) is 0 Å². The van der Waals surface area contributed by atoms with Gasteiger partial charge in [0.1, 0.15) is 5.75 Å². The maximum atomic E-state index is 12.9. The third-order valence-electron chi connectivity index (χ3n) is 5.75. The number of ether oxygens (including phenoxy) is 1. The van der Waals surface area contributed by atoms with Crippen LogP contribution in [-0.2, 0) is 14.8 Å². The fourth-order valence-electron chi connectivity index (χ4n) is 3.93. The molecule has 1 N–H and O–H groups in total. The molecule has 3 aromatic carbocycles. The minimum absolute atomic E-state index is 0.248. The van der Waals surface area contributed by atoms with Crippen molar-refractivity contribution < 1.29 is 17.9 Å². The fourth-order valence-corrected chi connectivity index (χ4v) is 5.44. The van der Waals surface area contributed by atoms with Crippen LogP contribution in [0, 0.1) is 0 Å². The zero-order chi connectivity index (χ0) is 22.6. The molecule has 3 aromatic rings. The monoisotopic (exact) mass is 452 g/mol. The molecule has 0 radical (unpaired) electrons. The number of carbonyl (C=O) groups excluding carboxylic acids is 1. The van der Waals surface area contributed by atoms with E-state index in [4.69, 9.17) is 4.74 Å². The summed E-state index contributed by atoms with van der Waals surface area (Å²) in [6, 6.07) is 19.9. The van der Waals surface area contributed by atoms with Crippen molar-refractivity contribution in [3.63, 3.8) is 0 Å². The van der Waals surface area contributed by atoms with Gasteiger partial charge in [-0.2, -0.15) is 4.31 Å². The van der Waals surface area contributed by atoms with Gasteiger partial charge in [-0.05, 0) is 55.5 Å². The minimum atomic E-state index is -3.51. The Morgan fingerprint density at radius 3 is 2.28 bits per heavy atom. The highest BCUT2D eigenvalue weighted by atomic mass is 32.2. The molecule has 0 aromatic heterocycles. The lowest BCUT2D eigenvalue weighted by Gasteiger charge is -2.20. The molecule has 0 unspecified atom stereocenters.